The molecule has 1 aliphatic carbocycles. The number of nitrogens with zero attached hydrogens (tertiary/aromatic N) is 1. The van der Waals surface area contributed by atoms with Crippen LogP contribution in [0.4, 0.5) is 5.69 Å². The van der Waals surface area contributed by atoms with Crippen molar-refractivity contribution in [1.29, 1.82) is 0 Å². The summed E-state index contributed by atoms with van der Waals surface area (Å²) in [6.07, 6.45) is 6.25. The molecule has 0 amide bonds. The molecule has 1 saturated carbocycles. The zero-order chi connectivity index (χ0) is 14.5. The molecule has 2 N–H and O–H groups in total. The standard InChI is InChI=1S/C17H27ClN2/c1-13(2)12-20(16-5-3-4-6-16)17-8-7-15(18)11-14(17)9-10-19/h7-8,11,13,16H,3-6,9-10,12,19H2,1-2H3. The molecule has 0 aromatic heterocycles. The predicted octanol–water partition coefficient (Wildman–Crippen LogP) is 4.25. The quantitative estimate of drug-likeness (QED) is 0.850. The van der Waals surface area contributed by atoms with Gasteiger partial charge in [-0.2, -0.15) is 0 Å². The van der Waals surface area contributed by atoms with E-state index in [0.29, 0.717) is 18.5 Å². The summed E-state index contributed by atoms with van der Waals surface area (Å²) in [7, 11) is 0. The second-order valence-corrected chi connectivity index (χ2v) is 6.73. The second-order valence-electron chi connectivity index (χ2n) is 6.30. The number of hydrogen-bond donors (Lipinski definition) is 1. The van der Waals surface area contributed by atoms with Gasteiger partial charge in [-0.05, 0) is 55.5 Å². The van der Waals surface area contributed by atoms with E-state index in [0.717, 1.165) is 18.0 Å². The van der Waals surface area contributed by atoms with Crippen molar-refractivity contribution >= 4 is 17.3 Å². The molecule has 1 aromatic carbocycles. The van der Waals surface area contributed by atoms with Crippen molar-refractivity contribution in [2.75, 3.05) is 18.0 Å². The van der Waals surface area contributed by atoms with Crippen LogP contribution in [0.2, 0.25) is 5.02 Å². The average molecular weight is 295 g/mol. The molecule has 2 nitrogen and oxygen atoms in total. The van der Waals surface area contributed by atoms with Gasteiger partial charge in [-0.1, -0.05) is 38.3 Å². The molecule has 20 heavy (non-hydrogen) atoms. The first-order chi connectivity index (χ1) is 9.61. The Kier molecular flexibility index (Phi) is 5.74. The van der Waals surface area contributed by atoms with Crippen molar-refractivity contribution in [3.8, 4) is 0 Å². The topological polar surface area (TPSA) is 29.3 Å². The van der Waals surface area contributed by atoms with E-state index in [2.05, 4.69) is 30.9 Å². The third-order valence-corrected chi connectivity index (χ3v) is 4.33. The lowest BCUT2D eigenvalue weighted by Gasteiger charge is -2.34. The van der Waals surface area contributed by atoms with E-state index >= 15 is 0 Å². The molecule has 0 heterocycles. The molecule has 0 atom stereocenters. The maximum absolute atomic E-state index is 6.16. The van der Waals surface area contributed by atoms with Crippen LogP contribution in [-0.4, -0.2) is 19.1 Å². The SMILES string of the molecule is CC(C)CN(c1ccc(Cl)cc1CCN)C1CCCC1. The van der Waals surface area contributed by atoms with Crippen LogP contribution in [0.1, 0.15) is 45.1 Å². The number of hydrogen-bond acceptors (Lipinski definition) is 2. The van der Waals surface area contributed by atoms with E-state index in [9.17, 15) is 0 Å². The number of anilines is 1. The van der Waals surface area contributed by atoms with Crippen LogP contribution in [0, 0.1) is 5.92 Å². The van der Waals surface area contributed by atoms with Gasteiger partial charge in [0.15, 0.2) is 0 Å². The summed E-state index contributed by atoms with van der Waals surface area (Å²) in [5.41, 5.74) is 8.42. The molecule has 0 radical (unpaired) electrons. The van der Waals surface area contributed by atoms with Crippen molar-refractivity contribution < 1.29 is 0 Å². The van der Waals surface area contributed by atoms with Crippen molar-refractivity contribution in [1.82, 2.24) is 0 Å². The van der Waals surface area contributed by atoms with Gasteiger partial charge in [-0.3, -0.25) is 0 Å². The highest BCUT2D eigenvalue weighted by Gasteiger charge is 2.25. The number of benzene rings is 1. The van der Waals surface area contributed by atoms with Crippen molar-refractivity contribution in [2.24, 2.45) is 11.7 Å². The van der Waals surface area contributed by atoms with Gasteiger partial charge in [-0.25, -0.2) is 0 Å². The summed E-state index contributed by atoms with van der Waals surface area (Å²) in [5, 5.41) is 0.813. The first-order valence-electron chi connectivity index (χ1n) is 7.87. The smallest absolute Gasteiger partial charge is 0.0410 e. The fourth-order valence-corrected chi connectivity index (χ4v) is 3.44. The molecule has 112 valence electrons. The third-order valence-electron chi connectivity index (χ3n) is 4.09. The summed E-state index contributed by atoms with van der Waals surface area (Å²) in [6, 6.07) is 6.98. The lowest BCUT2D eigenvalue weighted by Crippen LogP contribution is -2.37. The number of halogens is 1. The van der Waals surface area contributed by atoms with Gasteiger partial charge in [0, 0.05) is 23.3 Å². The monoisotopic (exact) mass is 294 g/mol. The highest BCUT2D eigenvalue weighted by molar-refractivity contribution is 6.30. The summed E-state index contributed by atoms with van der Waals surface area (Å²) in [5.74, 6) is 0.664. The third kappa shape index (κ3) is 3.89. The Morgan fingerprint density at radius 1 is 1.30 bits per heavy atom. The Balaban J connectivity index is 2.31. The molecule has 0 aliphatic heterocycles. The van der Waals surface area contributed by atoms with Gasteiger partial charge in [0.2, 0.25) is 0 Å². The van der Waals surface area contributed by atoms with E-state index in [4.69, 9.17) is 17.3 Å². The zero-order valence-corrected chi connectivity index (χ0v) is 13.5. The van der Waals surface area contributed by atoms with Crippen molar-refractivity contribution in [3.63, 3.8) is 0 Å². The number of rotatable bonds is 6. The highest BCUT2D eigenvalue weighted by atomic mass is 35.5. The van der Waals surface area contributed by atoms with Crippen LogP contribution in [0.15, 0.2) is 18.2 Å². The summed E-state index contributed by atoms with van der Waals surface area (Å²) >= 11 is 6.16. The molecule has 0 unspecified atom stereocenters. The molecular formula is C17H27ClN2. The van der Waals surface area contributed by atoms with E-state index in [1.54, 1.807) is 0 Å². The molecular weight excluding hydrogens is 268 g/mol. The largest absolute Gasteiger partial charge is 0.368 e. The minimum absolute atomic E-state index is 0.664. The lowest BCUT2D eigenvalue weighted by molar-refractivity contribution is 0.534. The van der Waals surface area contributed by atoms with Gasteiger partial charge in [0.1, 0.15) is 0 Å². The molecule has 1 aliphatic rings. The predicted molar refractivity (Wildman–Crippen MR) is 88.7 cm³/mol. The zero-order valence-electron chi connectivity index (χ0n) is 12.7. The maximum Gasteiger partial charge on any atom is 0.0410 e. The molecule has 0 spiro atoms. The van der Waals surface area contributed by atoms with Crippen LogP contribution in [-0.2, 0) is 6.42 Å². The van der Waals surface area contributed by atoms with Gasteiger partial charge < -0.3 is 10.6 Å². The maximum atomic E-state index is 6.16. The van der Waals surface area contributed by atoms with Crippen LogP contribution in [0.5, 0.6) is 0 Å². The number of nitrogens with two attached hydrogens (primary N) is 1. The molecule has 3 heteroatoms. The van der Waals surface area contributed by atoms with Crippen LogP contribution in [0.25, 0.3) is 0 Å². The van der Waals surface area contributed by atoms with Gasteiger partial charge in [0.05, 0.1) is 0 Å². The van der Waals surface area contributed by atoms with Gasteiger partial charge >= 0.3 is 0 Å². The Labute approximate surface area is 128 Å². The average Bonchev–Trinajstić information content (AvgIpc) is 2.90. The van der Waals surface area contributed by atoms with E-state index in [-0.39, 0.29) is 0 Å². The van der Waals surface area contributed by atoms with Gasteiger partial charge in [-0.15, -0.1) is 0 Å². The van der Waals surface area contributed by atoms with E-state index in [1.165, 1.54) is 36.9 Å². The second kappa shape index (κ2) is 7.33. The van der Waals surface area contributed by atoms with Crippen molar-refractivity contribution in [2.45, 2.75) is 52.0 Å². The minimum atomic E-state index is 0.664. The van der Waals surface area contributed by atoms with Crippen LogP contribution < -0.4 is 10.6 Å². The van der Waals surface area contributed by atoms with E-state index in [1.807, 2.05) is 6.07 Å². The Bertz CT molecular complexity index is 425. The normalized spacial score (nSPS) is 16.1. The first-order valence-corrected chi connectivity index (χ1v) is 8.24. The first kappa shape index (κ1) is 15.7. The highest BCUT2D eigenvalue weighted by Crippen LogP contribution is 2.32. The molecule has 1 aromatic rings. The Hall–Kier alpha value is -0.730. The minimum Gasteiger partial charge on any atom is -0.368 e. The Morgan fingerprint density at radius 2 is 2.00 bits per heavy atom. The molecule has 0 saturated heterocycles. The summed E-state index contributed by atoms with van der Waals surface area (Å²) in [6.45, 7) is 6.37. The molecule has 2 rings (SSSR count). The summed E-state index contributed by atoms with van der Waals surface area (Å²) in [4.78, 5) is 2.61. The fraction of sp³-hybridized carbons (Fsp3) is 0.647. The Morgan fingerprint density at radius 3 is 2.60 bits per heavy atom. The lowest BCUT2D eigenvalue weighted by atomic mass is 10.0. The molecule has 1 fully saturated rings. The van der Waals surface area contributed by atoms with Gasteiger partial charge in [0.25, 0.3) is 0 Å². The summed E-state index contributed by atoms with van der Waals surface area (Å²) < 4.78 is 0. The van der Waals surface area contributed by atoms with Crippen LogP contribution in [0.3, 0.4) is 0 Å². The molecule has 0 bridgehead atoms. The van der Waals surface area contributed by atoms with Crippen LogP contribution >= 0.6 is 11.6 Å². The van der Waals surface area contributed by atoms with Crippen molar-refractivity contribution in [3.05, 3.63) is 28.8 Å². The fourth-order valence-electron chi connectivity index (χ4n) is 3.24. The van der Waals surface area contributed by atoms with E-state index < -0.39 is 0 Å².